The van der Waals surface area contributed by atoms with E-state index in [1.807, 2.05) is 6.92 Å². The molecule has 0 aliphatic heterocycles. The van der Waals surface area contributed by atoms with Crippen LogP contribution in [-0.4, -0.2) is 5.11 Å². The quantitative estimate of drug-likeness (QED) is 0.783. The van der Waals surface area contributed by atoms with Crippen LogP contribution in [0, 0.1) is 5.82 Å². The number of aryl methyl sites for hydroxylation is 2. The number of rotatable bonds is 5. The van der Waals surface area contributed by atoms with Crippen LogP contribution in [0.15, 0.2) is 12.1 Å². The molecule has 1 aromatic rings. The van der Waals surface area contributed by atoms with Gasteiger partial charge in [-0.05, 0) is 42.5 Å². The van der Waals surface area contributed by atoms with E-state index >= 15 is 0 Å². The fraction of sp³-hybridized carbons (Fsp3) is 0.538. The van der Waals surface area contributed by atoms with E-state index in [1.165, 1.54) is 6.07 Å². The molecule has 0 saturated carbocycles. The third-order valence-electron chi connectivity index (χ3n) is 2.57. The van der Waals surface area contributed by atoms with Gasteiger partial charge in [-0.25, -0.2) is 4.39 Å². The Bertz CT molecular complexity index is 321. The van der Waals surface area contributed by atoms with E-state index in [1.54, 1.807) is 6.07 Å². The molecule has 0 heterocycles. The first-order chi connectivity index (χ1) is 7.19. The average Bonchev–Trinajstić information content (AvgIpc) is 2.21. The zero-order valence-electron chi connectivity index (χ0n) is 9.52. The molecular weight excluding hydrogens is 191 g/mol. The molecule has 0 amide bonds. The molecule has 0 saturated heterocycles. The van der Waals surface area contributed by atoms with Crippen molar-refractivity contribution in [3.8, 4) is 5.75 Å². The molecule has 0 unspecified atom stereocenters. The van der Waals surface area contributed by atoms with E-state index in [2.05, 4.69) is 6.92 Å². The minimum absolute atomic E-state index is 0.176. The third kappa shape index (κ3) is 3.22. The number of hydrogen-bond donors (Lipinski definition) is 1. The number of benzene rings is 1. The number of unbranched alkanes of at least 4 members (excludes halogenated alkanes) is 1. The average molecular weight is 210 g/mol. The number of aromatic hydroxyl groups is 1. The molecule has 0 radical (unpaired) electrons. The van der Waals surface area contributed by atoms with Gasteiger partial charge in [0.15, 0.2) is 0 Å². The van der Waals surface area contributed by atoms with Crippen molar-refractivity contribution in [2.75, 3.05) is 0 Å². The normalized spacial score (nSPS) is 10.6. The van der Waals surface area contributed by atoms with Crippen LogP contribution in [0.1, 0.15) is 44.2 Å². The van der Waals surface area contributed by atoms with Crippen LogP contribution < -0.4 is 0 Å². The minimum atomic E-state index is -0.176. The summed E-state index contributed by atoms with van der Waals surface area (Å²) in [6.07, 6.45) is 4.36. The summed E-state index contributed by atoms with van der Waals surface area (Å²) in [5.74, 6) is 0.0639. The van der Waals surface area contributed by atoms with E-state index in [0.29, 0.717) is 12.0 Å². The predicted molar refractivity (Wildman–Crippen MR) is 60.7 cm³/mol. The summed E-state index contributed by atoms with van der Waals surface area (Å²) in [7, 11) is 0. The van der Waals surface area contributed by atoms with Gasteiger partial charge in [-0.15, -0.1) is 0 Å². The minimum Gasteiger partial charge on any atom is -0.508 e. The molecule has 15 heavy (non-hydrogen) atoms. The number of hydrogen-bond acceptors (Lipinski definition) is 1. The maximum atomic E-state index is 13.6. The van der Waals surface area contributed by atoms with Crippen molar-refractivity contribution >= 4 is 0 Å². The molecule has 1 N–H and O–H groups in total. The summed E-state index contributed by atoms with van der Waals surface area (Å²) in [5.41, 5.74) is 1.35. The third-order valence-corrected chi connectivity index (χ3v) is 2.57. The van der Waals surface area contributed by atoms with Crippen molar-refractivity contribution in [2.45, 2.75) is 46.0 Å². The molecule has 1 rings (SSSR count). The van der Waals surface area contributed by atoms with Gasteiger partial charge in [0, 0.05) is 0 Å². The summed E-state index contributed by atoms with van der Waals surface area (Å²) in [6.45, 7) is 4.09. The van der Waals surface area contributed by atoms with Crippen LogP contribution in [0.4, 0.5) is 4.39 Å². The zero-order chi connectivity index (χ0) is 11.3. The zero-order valence-corrected chi connectivity index (χ0v) is 9.52. The van der Waals surface area contributed by atoms with Crippen LogP contribution in [0.2, 0.25) is 0 Å². The Morgan fingerprint density at radius 2 is 1.80 bits per heavy atom. The maximum Gasteiger partial charge on any atom is 0.126 e. The van der Waals surface area contributed by atoms with E-state index in [4.69, 9.17) is 0 Å². The Kier molecular flexibility index (Phi) is 4.60. The van der Waals surface area contributed by atoms with Gasteiger partial charge in [-0.1, -0.05) is 26.7 Å². The fourth-order valence-corrected chi connectivity index (χ4v) is 1.67. The SMILES string of the molecule is CCCCc1cc(O)c(CCC)cc1F. The summed E-state index contributed by atoms with van der Waals surface area (Å²) >= 11 is 0. The van der Waals surface area contributed by atoms with Gasteiger partial charge in [-0.3, -0.25) is 0 Å². The molecule has 0 spiro atoms. The Labute approximate surface area is 90.9 Å². The standard InChI is InChI=1S/C13H19FO/c1-3-5-7-10-9-13(15)11(6-4-2)8-12(10)14/h8-9,15H,3-7H2,1-2H3. The second kappa shape index (κ2) is 5.74. The van der Waals surface area contributed by atoms with Gasteiger partial charge >= 0.3 is 0 Å². The maximum absolute atomic E-state index is 13.6. The molecule has 0 aliphatic carbocycles. The molecule has 0 aromatic heterocycles. The van der Waals surface area contributed by atoms with Gasteiger partial charge in [0.25, 0.3) is 0 Å². The number of phenolic OH excluding ortho intramolecular Hbond substituents is 1. The molecule has 0 aliphatic rings. The topological polar surface area (TPSA) is 20.2 Å². The second-order valence-corrected chi connectivity index (χ2v) is 3.93. The van der Waals surface area contributed by atoms with Gasteiger partial charge in [0.2, 0.25) is 0 Å². The number of halogens is 1. The molecule has 2 heteroatoms. The van der Waals surface area contributed by atoms with Gasteiger partial charge in [-0.2, -0.15) is 0 Å². The van der Waals surface area contributed by atoms with Gasteiger partial charge in [0.05, 0.1) is 0 Å². The highest BCUT2D eigenvalue weighted by molar-refractivity contribution is 5.37. The molecule has 0 bridgehead atoms. The molecule has 0 fully saturated rings. The summed E-state index contributed by atoms with van der Waals surface area (Å²) in [4.78, 5) is 0. The number of phenols is 1. The van der Waals surface area contributed by atoms with Crippen LogP contribution in [0.25, 0.3) is 0 Å². The lowest BCUT2D eigenvalue weighted by Gasteiger charge is -2.07. The largest absolute Gasteiger partial charge is 0.508 e. The Morgan fingerprint density at radius 3 is 2.40 bits per heavy atom. The van der Waals surface area contributed by atoms with Crippen LogP contribution >= 0.6 is 0 Å². The van der Waals surface area contributed by atoms with Crippen molar-refractivity contribution in [1.29, 1.82) is 0 Å². The fourth-order valence-electron chi connectivity index (χ4n) is 1.67. The van der Waals surface area contributed by atoms with E-state index in [-0.39, 0.29) is 11.6 Å². The highest BCUT2D eigenvalue weighted by atomic mass is 19.1. The van der Waals surface area contributed by atoms with Crippen LogP contribution in [0.3, 0.4) is 0 Å². The van der Waals surface area contributed by atoms with Crippen molar-refractivity contribution in [3.05, 3.63) is 29.1 Å². The van der Waals surface area contributed by atoms with Crippen molar-refractivity contribution < 1.29 is 9.50 Å². The Morgan fingerprint density at radius 1 is 1.07 bits per heavy atom. The lowest BCUT2D eigenvalue weighted by atomic mass is 10.0. The second-order valence-electron chi connectivity index (χ2n) is 3.93. The Hall–Kier alpha value is -1.05. The predicted octanol–water partition coefficient (Wildman–Crippen LogP) is 3.83. The molecule has 0 atom stereocenters. The molecule has 84 valence electrons. The lowest BCUT2D eigenvalue weighted by molar-refractivity contribution is 0.462. The first-order valence-corrected chi connectivity index (χ1v) is 5.69. The molecule has 1 nitrogen and oxygen atoms in total. The van der Waals surface area contributed by atoms with Crippen LogP contribution in [0.5, 0.6) is 5.75 Å². The van der Waals surface area contributed by atoms with Crippen molar-refractivity contribution in [3.63, 3.8) is 0 Å². The van der Waals surface area contributed by atoms with E-state index in [9.17, 15) is 9.50 Å². The first kappa shape index (κ1) is 12.0. The summed E-state index contributed by atoms with van der Waals surface area (Å²) in [6, 6.07) is 3.06. The molecular formula is C13H19FO. The van der Waals surface area contributed by atoms with Crippen LogP contribution in [-0.2, 0) is 12.8 Å². The van der Waals surface area contributed by atoms with Gasteiger partial charge in [0.1, 0.15) is 11.6 Å². The van der Waals surface area contributed by atoms with Gasteiger partial charge < -0.3 is 5.11 Å². The lowest BCUT2D eigenvalue weighted by Crippen LogP contribution is -1.94. The first-order valence-electron chi connectivity index (χ1n) is 5.69. The molecule has 1 aromatic carbocycles. The monoisotopic (exact) mass is 210 g/mol. The summed E-state index contributed by atoms with van der Waals surface area (Å²) in [5, 5.41) is 9.68. The van der Waals surface area contributed by atoms with E-state index < -0.39 is 0 Å². The highest BCUT2D eigenvalue weighted by Crippen LogP contribution is 2.24. The Balaban J connectivity index is 2.87. The van der Waals surface area contributed by atoms with Crippen molar-refractivity contribution in [1.82, 2.24) is 0 Å². The van der Waals surface area contributed by atoms with E-state index in [0.717, 1.165) is 31.2 Å². The smallest absolute Gasteiger partial charge is 0.126 e. The van der Waals surface area contributed by atoms with Crippen molar-refractivity contribution in [2.24, 2.45) is 0 Å². The summed E-state index contributed by atoms with van der Waals surface area (Å²) < 4.78 is 13.6. The highest BCUT2D eigenvalue weighted by Gasteiger charge is 2.08.